The third-order valence-corrected chi connectivity index (χ3v) is 7.84. The Bertz CT molecular complexity index is 1250. The Labute approximate surface area is 205 Å². The average molecular weight is 470 g/mol. The molecular weight excluding hydrogens is 438 g/mol. The number of aryl methyl sites for hydroxylation is 1. The van der Waals surface area contributed by atoms with E-state index in [4.69, 9.17) is 4.98 Å². The van der Waals surface area contributed by atoms with Crippen molar-refractivity contribution in [3.05, 3.63) is 99.5 Å². The van der Waals surface area contributed by atoms with Gasteiger partial charge in [0.05, 0.1) is 17.1 Å². The maximum absolute atomic E-state index is 12.8. The van der Waals surface area contributed by atoms with Gasteiger partial charge < -0.3 is 5.32 Å². The maximum Gasteiger partial charge on any atom is 0.225 e. The van der Waals surface area contributed by atoms with Gasteiger partial charge in [-0.05, 0) is 41.7 Å². The quantitative estimate of drug-likeness (QED) is 0.388. The average Bonchev–Trinajstić information content (AvgIpc) is 3.19. The first kappa shape index (κ1) is 22.8. The molecule has 0 bridgehead atoms. The molecule has 4 aromatic rings. The number of nitrogens with one attached hydrogen (secondary N) is 1. The highest BCUT2D eigenvalue weighted by Gasteiger charge is 2.21. The molecule has 0 radical (unpaired) electrons. The van der Waals surface area contributed by atoms with E-state index in [0.717, 1.165) is 54.5 Å². The second-order valence-corrected chi connectivity index (χ2v) is 10.4. The summed E-state index contributed by atoms with van der Waals surface area (Å²) in [5.41, 5.74) is 3.61. The lowest BCUT2D eigenvalue weighted by molar-refractivity contribution is -0.121. The highest BCUT2D eigenvalue weighted by Crippen LogP contribution is 2.25. The number of aromatic nitrogens is 1. The fourth-order valence-electron chi connectivity index (χ4n) is 4.84. The molecule has 34 heavy (non-hydrogen) atoms. The third kappa shape index (κ3) is 5.54. The van der Waals surface area contributed by atoms with Crippen LogP contribution in [0, 0.1) is 6.92 Å². The number of piperidine rings is 1. The largest absolute Gasteiger partial charge is 0.353 e. The number of carbonyl (C=O) groups excluding carboxylic acids is 1. The lowest BCUT2D eigenvalue weighted by Gasteiger charge is -2.32. The Balaban J connectivity index is 1.14. The molecule has 174 valence electrons. The van der Waals surface area contributed by atoms with Crippen LogP contribution in [0.3, 0.4) is 0 Å². The minimum atomic E-state index is 0.116. The highest BCUT2D eigenvalue weighted by atomic mass is 32.1. The number of rotatable bonds is 7. The number of benzene rings is 3. The molecule has 3 aromatic carbocycles. The molecule has 1 aliphatic rings. The van der Waals surface area contributed by atoms with Crippen molar-refractivity contribution in [3.8, 4) is 0 Å². The number of carbonyl (C=O) groups is 1. The summed E-state index contributed by atoms with van der Waals surface area (Å²) in [6, 6.07) is 25.8. The van der Waals surface area contributed by atoms with Crippen molar-refractivity contribution < 1.29 is 4.79 Å². The van der Waals surface area contributed by atoms with E-state index in [9.17, 15) is 4.79 Å². The van der Waals surface area contributed by atoms with Crippen LogP contribution in [-0.2, 0) is 24.2 Å². The van der Waals surface area contributed by atoms with Gasteiger partial charge in [0.15, 0.2) is 0 Å². The minimum absolute atomic E-state index is 0.116. The fourth-order valence-corrected chi connectivity index (χ4v) is 5.93. The van der Waals surface area contributed by atoms with Crippen LogP contribution in [0.5, 0.6) is 0 Å². The van der Waals surface area contributed by atoms with Crippen LogP contribution >= 0.6 is 11.3 Å². The van der Waals surface area contributed by atoms with Crippen LogP contribution in [0.2, 0.25) is 0 Å². The van der Waals surface area contributed by atoms with Crippen LogP contribution < -0.4 is 5.32 Å². The zero-order chi connectivity index (χ0) is 23.3. The molecule has 1 fully saturated rings. The van der Waals surface area contributed by atoms with Gasteiger partial charge in [-0.25, -0.2) is 4.98 Å². The molecule has 1 aromatic heterocycles. The molecule has 0 aliphatic carbocycles. The van der Waals surface area contributed by atoms with Crippen molar-refractivity contribution in [1.29, 1.82) is 0 Å². The smallest absolute Gasteiger partial charge is 0.225 e. The van der Waals surface area contributed by atoms with Crippen LogP contribution in [-0.4, -0.2) is 34.9 Å². The predicted octanol–water partition coefficient (Wildman–Crippen LogP) is 5.52. The summed E-state index contributed by atoms with van der Waals surface area (Å²) >= 11 is 1.67. The van der Waals surface area contributed by atoms with Crippen molar-refractivity contribution in [1.82, 2.24) is 15.2 Å². The van der Waals surface area contributed by atoms with Gasteiger partial charge in [0.25, 0.3) is 0 Å². The van der Waals surface area contributed by atoms with Gasteiger partial charge in [0, 0.05) is 37.0 Å². The van der Waals surface area contributed by atoms with Crippen LogP contribution in [0.15, 0.2) is 72.8 Å². The molecule has 1 saturated heterocycles. The standard InChI is InChI=1S/C29H31N3OS/c1-21-27(34-29(30-21)18-24-12-7-11-23-10-5-6-13-26(23)24)19-28(33)31-25-14-16-32(17-15-25)20-22-8-3-2-4-9-22/h2-13,25H,14-20H2,1H3,(H,31,33). The van der Waals surface area contributed by atoms with E-state index < -0.39 is 0 Å². The molecule has 5 heteroatoms. The molecule has 5 rings (SSSR count). The van der Waals surface area contributed by atoms with Gasteiger partial charge in [0.2, 0.25) is 5.91 Å². The first-order valence-corrected chi connectivity index (χ1v) is 12.9. The summed E-state index contributed by atoms with van der Waals surface area (Å²) in [5, 5.41) is 6.88. The predicted molar refractivity (Wildman–Crippen MR) is 140 cm³/mol. The van der Waals surface area contributed by atoms with Gasteiger partial charge in [0.1, 0.15) is 0 Å². The Morgan fingerprint density at radius 1 is 1.00 bits per heavy atom. The number of nitrogens with zero attached hydrogens (tertiary/aromatic N) is 2. The molecule has 1 aliphatic heterocycles. The Morgan fingerprint density at radius 3 is 2.56 bits per heavy atom. The van der Waals surface area contributed by atoms with Crippen molar-refractivity contribution >= 4 is 28.0 Å². The number of amides is 1. The Kier molecular flexibility index (Phi) is 7.02. The molecule has 0 saturated carbocycles. The lowest BCUT2D eigenvalue weighted by atomic mass is 10.0. The number of hydrogen-bond donors (Lipinski definition) is 1. The molecule has 1 N–H and O–H groups in total. The second kappa shape index (κ2) is 10.5. The SMILES string of the molecule is Cc1nc(Cc2cccc3ccccc23)sc1CC(=O)NC1CCN(Cc2ccccc2)CC1. The van der Waals surface area contributed by atoms with E-state index in [0.29, 0.717) is 6.42 Å². The molecule has 1 amide bonds. The van der Waals surface area contributed by atoms with Crippen LogP contribution in [0.4, 0.5) is 0 Å². The Morgan fingerprint density at radius 2 is 1.74 bits per heavy atom. The monoisotopic (exact) mass is 469 g/mol. The molecule has 0 spiro atoms. The normalized spacial score (nSPS) is 15.0. The first-order valence-electron chi connectivity index (χ1n) is 12.1. The lowest BCUT2D eigenvalue weighted by Crippen LogP contribution is -2.44. The van der Waals surface area contributed by atoms with Crippen LogP contribution in [0.25, 0.3) is 10.8 Å². The van der Waals surface area contributed by atoms with E-state index in [1.165, 1.54) is 21.9 Å². The molecular formula is C29H31N3OS. The number of hydrogen-bond acceptors (Lipinski definition) is 4. The molecule has 0 unspecified atom stereocenters. The van der Waals surface area contributed by atoms with E-state index in [1.807, 2.05) is 6.92 Å². The van der Waals surface area contributed by atoms with Crippen molar-refractivity contribution in [3.63, 3.8) is 0 Å². The number of fused-ring (bicyclic) bond motifs is 1. The minimum Gasteiger partial charge on any atom is -0.353 e. The first-order chi connectivity index (χ1) is 16.6. The summed E-state index contributed by atoms with van der Waals surface area (Å²) in [5.74, 6) is 0.116. The van der Waals surface area contributed by atoms with Gasteiger partial charge in [-0.2, -0.15) is 0 Å². The summed E-state index contributed by atoms with van der Waals surface area (Å²) in [7, 11) is 0. The fraction of sp³-hybridized carbons (Fsp3) is 0.310. The molecule has 0 atom stereocenters. The summed E-state index contributed by atoms with van der Waals surface area (Å²) < 4.78 is 0. The zero-order valence-electron chi connectivity index (χ0n) is 19.7. The summed E-state index contributed by atoms with van der Waals surface area (Å²) in [4.78, 5) is 21.2. The van der Waals surface area contributed by atoms with Crippen LogP contribution in [0.1, 0.15) is 39.5 Å². The maximum atomic E-state index is 12.8. The number of likely N-dealkylation sites (tertiary alicyclic amines) is 1. The third-order valence-electron chi connectivity index (χ3n) is 6.68. The topological polar surface area (TPSA) is 45.2 Å². The summed E-state index contributed by atoms with van der Waals surface area (Å²) in [6.07, 6.45) is 3.23. The summed E-state index contributed by atoms with van der Waals surface area (Å²) in [6.45, 7) is 5.05. The van der Waals surface area contributed by atoms with Gasteiger partial charge in [-0.15, -0.1) is 11.3 Å². The van der Waals surface area contributed by atoms with E-state index in [-0.39, 0.29) is 11.9 Å². The number of thiazole rings is 1. The molecule has 2 heterocycles. The highest BCUT2D eigenvalue weighted by molar-refractivity contribution is 7.11. The molecule has 4 nitrogen and oxygen atoms in total. The van der Waals surface area contributed by atoms with Crippen molar-refractivity contribution in [2.45, 2.75) is 45.2 Å². The Hall–Kier alpha value is -3.02. The second-order valence-electron chi connectivity index (χ2n) is 9.21. The van der Waals surface area contributed by atoms with Crippen molar-refractivity contribution in [2.24, 2.45) is 0 Å². The van der Waals surface area contributed by atoms with Gasteiger partial charge >= 0.3 is 0 Å². The van der Waals surface area contributed by atoms with E-state index >= 15 is 0 Å². The zero-order valence-corrected chi connectivity index (χ0v) is 20.5. The van der Waals surface area contributed by atoms with E-state index in [1.54, 1.807) is 11.3 Å². The van der Waals surface area contributed by atoms with E-state index in [2.05, 4.69) is 83.0 Å². The van der Waals surface area contributed by atoms with Gasteiger partial charge in [-0.3, -0.25) is 9.69 Å². The van der Waals surface area contributed by atoms with Gasteiger partial charge in [-0.1, -0.05) is 72.8 Å². The van der Waals surface area contributed by atoms with Crippen molar-refractivity contribution in [2.75, 3.05) is 13.1 Å².